The van der Waals surface area contributed by atoms with Gasteiger partial charge in [0.2, 0.25) is 0 Å². The van der Waals surface area contributed by atoms with Gasteiger partial charge in [-0.25, -0.2) is 0 Å². The molecule has 0 aromatic carbocycles. The molecule has 0 aliphatic rings. The van der Waals surface area contributed by atoms with E-state index in [-0.39, 0.29) is 17.1 Å². The number of thioether (sulfide) groups is 1. The van der Waals surface area contributed by atoms with Crippen LogP contribution in [0, 0.1) is 12.8 Å². The van der Waals surface area contributed by atoms with Gasteiger partial charge in [-0.3, -0.25) is 4.79 Å². The molecule has 0 fully saturated rings. The standard InChI is InChI=1S/C9H14N2O2S2/c1-5(8(12)13-4)6(2)14-9-11-10-7(3)15-9/h5-6H,1-4H3. The highest BCUT2D eigenvalue weighted by Gasteiger charge is 2.22. The van der Waals surface area contributed by atoms with Crippen LogP contribution in [-0.2, 0) is 9.53 Å². The molecule has 15 heavy (non-hydrogen) atoms. The lowest BCUT2D eigenvalue weighted by atomic mass is 10.1. The fraction of sp³-hybridized carbons (Fsp3) is 0.667. The molecule has 0 radical (unpaired) electrons. The third-order valence-corrected chi connectivity index (χ3v) is 4.31. The summed E-state index contributed by atoms with van der Waals surface area (Å²) in [6, 6.07) is 0. The maximum atomic E-state index is 11.3. The summed E-state index contributed by atoms with van der Waals surface area (Å²) in [6.45, 7) is 5.76. The van der Waals surface area contributed by atoms with E-state index in [9.17, 15) is 4.79 Å². The van der Waals surface area contributed by atoms with Crippen molar-refractivity contribution in [3.05, 3.63) is 5.01 Å². The Bertz CT molecular complexity index is 341. The third kappa shape index (κ3) is 3.46. The molecule has 84 valence electrons. The Kier molecular flexibility index (Phi) is 4.53. The van der Waals surface area contributed by atoms with Gasteiger partial charge in [0, 0.05) is 5.25 Å². The molecule has 0 spiro atoms. The number of rotatable bonds is 4. The summed E-state index contributed by atoms with van der Waals surface area (Å²) < 4.78 is 5.59. The summed E-state index contributed by atoms with van der Waals surface area (Å²) in [4.78, 5) is 11.3. The van der Waals surface area contributed by atoms with E-state index in [1.165, 1.54) is 7.11 Å². The summed E-state index contributed by atoms with van der Waals surface area (Å²) in [7, 11) is 1.41. The van der Waals surface area contributed by atoms with Gasteiger partial charge in [0.15, 0.2) is 4.34 Å². The van der Waals surface area contributed by atoms with Gasteiger partial charge >= 0.3 is 5.97 Å². The Hall–Kier alpha value is -0.620. The van der Waals surface area contributed by atoms with Crippen LogP contribution in [0.15, 0.2) is 4.34 Å². The van der Waals surface area contributed by atoms with Crippen LogP contribution in [0.25, 0.3) is 0 Å². The van der Waals surface area contributed by atoms with Crippen molar-refractivity contribution in [2.24, 2.45) is 5.92 Å². The van der Waals surface area contributed by atoms with Crippen molar-refractivity contribution in [2.45, 2.75) is 30.4 Å². The highest BCUT2D eigenvalue weighted by molar-refractivity contribution is 8.01. The second-order valence-corrected chi connectivity index (χ2v) is 6.03. The predicted octanol–water partition coefficient (Wildman–Crippen LogP) is 2.14. The molecule has 0 saturated heterocycles. The van der Waals surface area contributed by atoms with Gasteiger partial charge in [-0.15, -0.1) is 10.2 Å². The lowest BCUT2D eigenvalue weighted by Crippen LogP contribution is -2.21. The third-order valence-electron chi connectivity index (χ3n) is 2.07. The molecule has 2 atom stereocenters. The fourth-order valence-electron chi connectivity index (χ4n) is 0.965. The molecule has 0 aliphatic carbocycles. The molecule has 0 N–H and O–H groups in total. The van der Waals surface area contributed by atoms with Gasteiger partial charge in [-0.05, 0) is 6.92 Å². The van der Waals surface area contributed by atoms with Crippen LogP contribution >= 0.6 is 23.1 Å². The number of carbonyl (C=O) groups excluding carboxylic acids is 1. The molecular formula is C9H14N2O2S2. The van der Waals surface area contributed by atoms with Crippen molar-refractivity contribution in [3.8, 4) is 0 Å². The SMILES string of the molecule is COC(=O)C(C)C(C)Sc1nnc(C)s1. The van der Waals surface area contributed by atoms with Gasteiger partial charge in [0.1, 0.15) is 5.01 Å². The van der Waals surface area contributed by atoms with E-state index in [4.69, 9.17) is 4.74 Å². The predicted molar refractivity (Wildman–Crippen MR) is 61.1 cm³/mol. The zero-order valence-corrected chi connectivity index (χ0v) is 10.8. The second kappa shape index (κ2) is 5.46. The number of nitrogens with zero attached hydrogens (tertiary/aromatic N) is 2. The highest BCUT2D eigenvalue weighted by atomic mass is 32.2. The fourth-order valence-corrected chi connectivity index (χ4v) is 3.11. The van der Waals surface area contributed by atoms with E-state index in [0.29, 0.717) is 0 Å². The van der Waals surface area contributed by atoms with Gasteiger partial charge < -0.3 is 4.74 Å². The number of hydrogen-bond acceptors (Lipinski definition) is 6. The number of carbonyl (C=O) groups is 1. The molecule has 4 nitrogen and oxygen atoms in total. The van der Waals surface area contributed by atoms with E-state index in [1.54, 1.807) is 23.1 Å². The molecule has 0 bridgehead atoms. The summed E-state index contributed by atoms with van der Waals surface area (Å²) >= 11 is 3.10. The Labute approximate surface area is 97.4 Å². The lowest BCUT2D eigenvalue weighted by Gasteiger charge is -2.15. The van der Waals surface area contributed by atoms with Crippen molar-refractivity contribution < 1.29 is 9.53 Å². The van der Waals surface area contributed by atoms with E-state index in [1.807, 2.05) is 20.8 Å². The molecule has 0 saturated carbocycles. The number of aryl methyl sites for hydroxylation is 1. The normalized spacial score (nSPS) is 14.7. The smallest absolute Gasteiger partial charge is 0.309 e. The first-order valence-electron chi connectivity index (χ1n) is 4.59. The maximum Gasteiger partial charge on any atom is 0.309 e. The minimum Gasteiger partial charge on any atom is -0.469 e. The van der Waals surface area contributed by atoms with Gasteiger partial charge in [0.25, 0.3) is 0 Å². The quantitative estimate of drug-likeness (QED) is 0.602. The first-order valence-corrected chi connectivity index (χ1v) is 6.28. The number of aromatic nitrogens is 2. The van der Waals surface area contributed by atoms with E-state index in [2.05, 4.69) is 10.2 Å². The van der Waals surface area contributed by atoms with E-state index in [0.717, 1.165) is 9.35 Å². The average Bonchev–Trinajstić information content (AvgIpc) is 2.61. The van der Waals surface area contributed by atoms with Crippen LogP contribution in [0.3, 0.4) is 0 Å². The Morgan fingerprint density at radius 3 is 2.60 bits per heavy atom. The number of hydrogen-bond donors (Lipinski definition) is 0. The maximum absolute atomic E-state index is 11.3. The molecule has 2 unspecified atom stereocenters. The zero-order chi connectivity index (χ0) is 11.4. The first kappa shape index (κ1) is 12.4. The van der Waals surface area contributed by atoms with Crippen LogP contribution < -0.4 is 0 Å². The van der Waals surface area contributed by atoms with Crippen LogP contribution in [0.5, 0.6) is 0 Å². The largest absolute Gasteiger partial charge is 0.469 e. The molecule has 1 aromatic heterocycles. The molecule has 0 amide bonds. The molecule has 0 aliphatic heterocycles. The number of esters is 1. The molecule has 1 heterocycles. The van der Waals surface area contributed by atoms with E-state index < -0.39 is 0 Å². The first-order chi connectivity index (χ1) is 7.04. The number of ether oxygens (including phenoxy) is 1. The topological polar surface area (TPSA) is 52.1 Å². The van der Waals surface area contributed by atoms with Crippen molar-refractivity contribution in [3.63, 3.8) is 0 Å². The minimum absolute atomic E-state index is 0.135. The van der Waals surface area contributed by atoms with E-state index >= 15 is 0 Å². The zero-order valence-electron chi connectivity index (χ0n) is 9.18. The molecule has 6 heteroatoms. The number of methoxy groups -OCH3 is 1. The van der Waals surface area contributed by atoms with Crippen LogP contribution in [-0.4, -0.2) is 28.5 Å². The summed E-state index contributed by atoms with van der Waals surface area (Å²) in [6.07, 6.45) is 0. The van der Waals surface area contributed by atoms with Crippen molar-refractivity contribution in [2.75, 3.05) is 7.11 Å². The summed E-state index contributed by atoms with van der Waals surface area (Å²) in [5.41, 5.74) is 0. The average molecular weight is 246 g/mol. The van der Waals surface area contributed by atoms with Crippen molar-refractivity contribution in [1.29, 1.82) is 0 Å². The second-order valence-electron chi connectivity index (χ2n) is 3.22. The lowest BCUT2D eigenvalue weighted by molar-refractivity contribution is -0.144. The van der Waals surface area contributed by atoms with Crippen LogP contribution in [0.4, 0.5) is 0 Å². The van der Waals surface area contributed by atoms with Gasteiger partial charge in [-0.1, -0.05) is 36.9 Å². The summed E-state index contributed by atoms with van der Waals surface area (Å²) in [5, 5.41) is 9.01. The van der Waals surface area contributed by atoms with Crippen molar-refractivity contribution in [1.82, 2.24) is 10.2 Å². The van der Waals surface area contributed by atoms with Crippen LogP contribution in [0.2, 0.25) is 0 Å². The van der Waals surface area contributed by atoms with Gasteiger partial charge in [0.05, 0.1) is 13.0 Å². The van der Waals surface area contributed by atoms with Crippen molar-refractivity contribution >= 4 is 29.1 Å². The highest BCUT2D eigenvalue weighted by Crippen LogP contribution is 2.30. The monoisotopic (exact) mass is 246 g/mol. The molecule has 1 rings (SSSR count). The van der Waals surface area contributed by atoms with Gasteiger partial charge in [-0.2, -0.15) is 0 Å². The Balaban J connectivity index is 2.55. The molecular weight excluding hydrogens is 232 g/mol. The minimum atomic E-state index is -0.184. The summed E-state index contributed by atoms with van der Waals surface area (Å²) in [5.74, 6) is -0.319. The van der Waals surface area contributed by atoms with Crippen LogP contribution in [0.1, 0.15) is 18.9 Å². The Morgan fingerprint density at radius 1 is 1.47 bits per heavy atom. The Morgan fingerprint density at radius 2 is 2.13 bits per heavy atom. The molecule has 1 aromatic rings.